The maximum atomic E-state index is 11.9. The monoisotopic (exact) mass is 266 g/mol. The molecule has 5 nitrogen and oxygen atoms in total. The van der Waals surface area contributed by atoms with Gasteiger partial charge in [0.2, 0.25) is 5.91 Å². The number of amides is 1. The van der Waals surface area contributed by atoms with Gasteiger partial charge in [0.1, 0.15) is 0 Å². The van der Waals surface area contributed by atoms with E-state index in [0.29, 0.717) is 6.54 Å². The SMILES string of the molecule is CCCC(C)NC(=O)C(C)NCc1cnn(C)c1C. The highest BCUT2D eigenvalue weighted by Gasteiger charge is 2.15. The van der Waals surface area contributed by atoms with Crippen molar-refractivity contribution in [3.8, 4) is 0 Å². The number of aromatic nitrogens is 2. The smallest absolute Gasteiger partial charge is 0.237 e. The fourth-order valence-electron chi connectivity index (χ4n) is 1.95. The summed E-state index contributed by atoms with van der Waals surface area (Å²) in [6.45, 7) is 8.74. The van der Waals surface area contributed by atoms with Gasteiger partial charge in [0.15, 0.2) is 0 Å². The van der Waals surface area contributed by atoms with Gasteiger partial charge >= 0.3 is 0 Å². The van der Waals surface area contributed by atoms with Crippen molar-refractivity contribution in [1.82, 2.24) is 20.4 Å². The van der Waals surface area contributed by atoms with Gasteiger partial charge in [0, 0.05) is 30.9 Å². The van der Waals surface area contributed by atoms with E-state index >= 15 is 0 Å². The summed E-state index contributed by atoms with van der Waals surface area (Å²) in [5.74, 6) is 0.0579. The van der Waals surface area contributed by atoms with Crippen molar-refractivity contribution >= 4 is 5.91 Å². The van der Waals surface area contributed by atoms with Crippen LogP contribution in [0.1, 0.15) is 44.9 Å². The molecule has 2 N–H and O–H groups in total. The first-order valence-electron chi connectivity index (χ1n) is 6.97. The minimum Gasteiger partial charge on any atom is -0.352 e. The van der Waals surface area contributed by atoms with E-state index < -0.39 is 0 Å². The number of rotatable bonds is 7. The molecule has 1 heterocycles. The van der Waals surface area contributed by atoms with Crippen LogP contribution in [0.3, 0.4) is 0 Å². The zero-order valence-electron chi connectivity index (χ0n) is 12.7. The van der Waals surface area contributed by atoms with Crippen molar-refractivity contribution in [2.24, 2.45) is 7.05 Å². The van der Waals surface area contributed by atoms with Crippen molar-refractivity contribution < 1.29 is 4.79 Å². The van der Waals surface area contributed by atoms with Gasteiger partial charge in [-0.1, -0.05) is 13.3 Å². The molecule has 0 saturated heterocycles. The zero-order chi connectivity index (χ0) is 14.4. The molecule has 0 saturated carbocycles. The zero-order valence-corrected chi connectivity index (χ0v) is 12.7. The predicted molar refractivity (Wildman–Crippen MR) is 76.8 cm³/mol. The van der Waals surface area contributed by atoms with E-state index in [4.69, 9.17) is 0 Å². The van der Waals surface area contributed by atoms with Gasteiger partial charge in [-0.25, -0.2) is 0 Å². The van der Waals surface area contributed by atoms with Crippen LogP contribution in [0.2, 0.25) is 0 Å². The van der Waals surface area contributed by atoms with E-state index in [9.17, 15) is 4.79 Å². The van der Waals surface area contributed by atoms with Gasteiger partial charge in [0.25, 0.3) is 0 Å². The summed E-state index contributed by atoms with van der Waals surface area (Å²) in [7, 11) is 1.92. The number of carbonyl (C=O) groups excluding carboxylic acids is 1. The Kier molecular flexibility index (Phi) is 6.02. The molecule has 2 unspecified atom stereocenters. The first-order chi connectivity index (χ1) is 8.95. The number of nitrogens with zero attached hydrogens (tertiary/aromatic N) is 2. The lowest BCUT2D eigenvalue weighted by molar-refractivity contribution is -0.123. The normalized spacial score (nSPS) is 14.2. The second-order valence-electron chi connectivity index (χ2n) is 5.18. The fraction of sp³-hybridized carbons (Fsp3) is 0.714. The van der Waals surface area contributed by atoms with E-state index in [0.717, 1.165) is 24.1 Å². The van der Waals surface area contributed by atoms with Crippen molar-refractivity contribution in [3.63, 3.8) is 0 Å². The Morgan fingerprint density at radius 2 is 2.16 bits per heavy atom. The summed E-state index contributed by atoms with van der Waals surface area (Å²) in [5.41, 5.74) is 2.25. The Hall–Kier alpha value is -1.36. The molecule has 19 heavy (non-hydrogen) atoms. The third-order valence-corrected chi connectivity index (χ3v) is 3.44. The Morgan fingerprint density at radius 3 is 2.68 bits per heavy atom. The summed E-state index contributed by atoms with van der Waals surface area (Å²) >= 11 is 0. The average Bonchev–Trinajstić information content (AvgIpc) is 2.67. The van der Waals surface area contributed by atoms with Crippen molar-refractivity contribution in [3.05, 3.63) is 17.5 Å². The van der Waals surface area contributed by atoms with Crippen molar-refractivity contribution in [1.29, 1.82) is 0 Å². The van der Waals surface area contributed by atoms with Gasteiger partial charge in [-0.05, 0) is 27.2 Å². The lowest BCUT2D eigenvalue weighted by Gasteiger charge is -2.18. The van der Waals surface area contributed by atoms with Gasteiger partial charge in [-0.3, -0.25) is 9.48 Å². The third kappa shape index (κ3) is 4.67. The molecule has 0 aliphatic carbocycles. The molecule has 1 aromatic rings. The number of hydrogen-bond acceptors (Lipinski definition) is 3. The van der Waals surface area contributed by atoms with E-state index in [2.05, 4.69) is 22.7 Å². The second-order valence-corrected chi connectivity index (χ2v) is 5.18. The Morgan fingerprint density at radius 1 is 1.47 bits per heavy atom. The first-order valence-corrected chi connectivity index (χ1v) is 6.97. The van der Waals surface area contributed by atoms with E-state index in [1.807, 2.05) is 38.7 Å². The third-order valence-electron chi connectivity index (χ3n) is 3.44. The van der Waals surface area contributed by atoms with Crippen molar-refractivity contribution in [2.45, 2.75) is 59.2 Å². The lowest BCUT2D eigenvalue weighted by atomic mass is 10.2. The van der Waals surface area contributed by atoms with E-state index in [1.54, 1.807) is 0 Å². The minimum atomic E-state index is -0.195. The van der Waals surface area contributed by atoms with Gasteiger partial charge in [0.05, 0.1) is 12.2 Å². The van der Waals surface area contributed by atoms with Crippen LogP contribution in [0.5, 0.6) is 0 Å². The van der Waals surface area contributed by atoms with E-state index in [1.165, 1.54) is 0 Å². The second kappa shape index (κ2) is 7.28. The highest BCUT2D eigenvalue weighted by Crippen LogP contribution is 2.05. The summed E-state index contributed by atoms with van der Waals surface area (Å²) in [5, 5.41) is 10.4. The summed E-state index contributed by atoms with van der Waals surface area (Å²) in [6, 6.07) is 0.0424. The molecule has 108 valence electrons. The molecule has 0 spiro atoms. The highest BCUT2D eigenvalue weighted by molar-refractivity contribution is 5.81. The first kappa shape index (κ1) is 15.7. The molecule has 0 aliphatic rings. The minimum absolute atomic E-state index is 0.0579. The Labute approximate surface area is 115 Å². The van der Waals surface area contributed by atoms with Crippen LogP contribution in [0.15, 0.2) is 6.20 Å². The molecular weight excluding hydrogens is 240 g/mol. The summed E-state index contributed by atoms with van der Waals surface area (Å²) in [6.07, 6.45) is 3.94. The molecule has 0 aromatic carbocycles. The number of nitrogens with one attached hydrogen (secondary N) is 2. The number of aryl methyl sites for hydroxylation is 1. The van der Waals surface area contributed by atoms with Crippen LogP contribution in [-0.4, -0.2) is 27.8 Å². The molecule has 0 bridgehead atoms. The van der Waals surface area contributed by atoms with Crippen LogP contribution in [0.4, 0.5) is 0 Å². The predicted octanol–water partition coefficient (Wildman–Crippen LogP) is 1.51. The number of hydrogen-bond donors (Lipinski definition) is 2. The van der Waals surface area contributed by atoms with Crippen LogP contribution in [-0.2, 0) is 18.4 Å². The van der Waals surface area contributed by atoms with E-state index in [-0.39, 0.29) is 18.0 Å². The van der Waals surface area contributed by atoms with Crippen LogP contribution < -0.4 is 10.6 Å². The van der Waals surface area contributed by atoms with Gasteiger partial charge < -0.3 is 10.6 Å². The summed E-state index contributed by atoms with van der Waals surface area (Å²) in [4.78, 5) is 11.9. The van der Waals surface area contributed by atoms with Crippen LogP contribution in [0, 0.1) is 6.92 Å². The molecule has 5 heteroatoms. The van der Waals surface area contributed by atoms with Crippen LogP contribution >= 0.6 is 0 Å². The van der Waals surface area contributed by atoms with Gasteiger partial charge in [-0.15, -0.1) is 0 Å². The fourth-order valence-corrected chi connectivity index (χ4v) is 1.95. The lowest BCUT2D eigenvalue weighted by Crippen LogP contribution is -2.45. The Balaban J connectivity index is 2.40. The molecule has 0 fully saturated rings. The number of carbonyl (C=O) groups is 1. The maximum Gasteiger partial charge on any atom is 0.237 e. The van der Waals surface area contributed by atoms with Crippen LogP contribution in [0.25, 0.3) is 0 Å². The molecule has 0 aliphatic heterocycles. The molecular formula is C14H26N4O. The Bertz CT molecular complexity index is 414. The quantitative estimate of drug-likeness (QED) is 0.786. The highest BCUT2D eigenvalue weighted by atomic mass is 16.2. The molecule has 2 atom stereocenters. The summed E-state index contributed by atoms with van der Waals surface area (Å²) < 4.78 is 1.84. The standard InChI is InChI=1S/C14H26N4O/c1-6-7-10(2)17-14(19)11(3)15-8-13-9-16-18(5)12(13)4/h9-11,15H,6-8H2,1-5H3,(H,17,19). The largest absolute Gasteiger partial charge is 0.352 e. The molecule has 1 rings (SSSR count). The maximum absolute atomic E-state index is 11.9. The molecule has 0 radical (unpaired) electrons. The molecule has 1 aromatic heterocycles. The molecule has 1 amide bonds. The average molecular weight is 266 g/mol. The van der Waals surface area contributed by atoms with Crippen molar-refractivity contribution in [2.75, 3.05) is 0 Å². The topological polar surface area (TPSA) is 59.0 Å². The van der Waals surface area contributed by atoms with Gasteiger partial charge in [-0.2, -0.15) is 5.10 Å².